The topological polar surface area (TPSA) is 110 Å². The maximum absolute atomic E-state index is 13.3. The number of pyridine rings is 1. The summed E-state index contributed by atoms with van der Waals surface area (Å²) in [4.78, 5) is 30.1. The third kappa shape index (κ3) is 4.91. The van der Waals surface area contributed by atoms with Crippen LogP contribution < -0.4 is 10.2 Å². The first-order chi connectivity index (χ1) is 15.1. The molecule has 2 heterocycles. The summed E-state index contributed by atoms with van der Waals surface area (Å²) in [6.07, 6.45) is -4.99. The lowest BCUT2D eigenvalue weighted by molar-refractivity contribution is -0.141. The number of rotatable bonds is 4. The van der Waals surface area contributed by atoms with E-state index in [2.05, 4.69) is 10.3 Å². The van der Waals surface area contributed by atoms with Crippen molar-refractivity contribution in [1.82, 2.24) is 15.2 Å². The number of anilines is 1. The molecule has 1 fully saturated rings. The molecule has 0 spiro atoms. The van der Waals surface area contributed by atoms with Crippen LogP contribution in [0.5, 0.6) is 0 Å². The molecule has 1 aromatic carbocycles. The van der Waals surface area contributed by atoms with Crippen LogP contribution >= 0.6 is 0 Å². The molecule has 8 nitrogen and oxygen atoms in total. The van der Waals surface area contributed by atoms with Gasteiger partial charge in [0.2, 0.25) is 0 Å². The third-order valence-corrected chi connectivity index (χ3v) is 5.18. The fraction of sp³-hybridized carbons (Fsp3) is 0.333. The molecule has 1 aromatic heterocycles. The number of nitrogens with one attached hydrogen (secondary N) is 1. The Labute approximate surface area is 181 Å². The SMILES string of the molecule is Cc1ccccc1CNC(=O)N1CCN(c2nc(C(F)(F)F)c(C(=O)O)cc2C#N)CC1. The second-order valence-electron chi connectivity index (χ2n) is 7.23. The van der Waals surface area contributed by atoms with Crippen molar-refractivity contribution in [2.24, 2.45) is 0 Å². The zero-order valence-electron chi connectivity index (χ0n) is 17.1. The van der Waals surface area contributed by atoms with Gasteiger partial charge in [-0.1, -0.05) is 24.3 Å². The Morgan fingerprint density at radius 2 is 1.88 bits per heavy atom. The number of benzene rings is 1. The Kier molecular flexibility index (Phi) is 6.53. The van der Waals surface area contributed by atoms with Gasteiger partial charge in [0.1, 0.15) is 11.9 Å². The summed E-state index contributed by atoms with van der Waals surface area (Å²) in [7, 11) is 0. The van der Waals surface area contributed by atoms with Crippen molar-refractivity contribution in [3.8, 4) is 6.07 Å². The summed E-state index contributed by atoms with van der Waals surface area (Å²) < 4.78 is 40.0. The Bertz CT molecular complexity index is 1070. The van der Waals surface area contributed by atoms with E-state index in [-0.39, 0.29) is 43.6 Å². The maximum Gasteiger partial charge on any atom is 0.434 e. The van der Waals surface area contributed by atoms with Crippen LogP contribution in [0.1, 0.15) is 32.7 Å². The highest BCUT2D eigenvalue weighted by atomic mass is 19.4. The van der Waals surface area contributed by atoms with E-state index in [4.69, 9.17) is 5.11 Å². The standard InChI is InChI=1S/C21H20F3N5O3/c1-13-4-2-3-5-14(13)12-26-20(32)29-8-6-28(7-9-29)18-15(11-25)10-16(19(30)31)17(27-18)21(22,23)24/h2-5,10H,6-9,12H2,1H3,(H,26,32)(H,30,31). The lowest BCUT2D eigenvalue weighted by Crippen LogP contribution is -2.52. The van der Waals surface area contributed by atoms with Gasteiger partial charge < -0.3 is 20.2 Å². The molecular weight excluding hydrogens is 427 g/mol. The number of hydrogen-bond acceptors (Lipinski definition) is 5. The predicted octanol–water partition coefficient (Wildman–Crippen LogP) is 3.01. The summed E-state index contributed by atoms with van der Waals surface area (Å²) in [5.41, 5.74) is -0.893. The zero-order chi connectivity index (χ0) is 23.5. The van der Waals surface area contributed by atoms with Crippen molar-refractivity contribution in [3.05, 3.63) is 58.3 Å². The van der Waals surface area contributed by atoms with E-state index in [1.165, 1.54) is 9.80 Å². The second-order valence-corrected chi connectivity index (χ2v) is 7.23. The van der Waals surface area contributed by atoms with Gasteiger partial charge in [-0.3, -0.25) is 0 Å². The van der Waals surface area contributed by atoms with Gasteiger partial charge in [-0.05, 0) is 24.1 Å². The number of nitriles is 1. The number of aromatic nitrogens is 1. The van der Waals surface area contributed by atoms with Gasteiger partial charge in [-0.25, -0.2) is 14.6 Å². The molecule has 1 aliphatic heterocycles. The number of hydrogen-bond donors (Lipinski definition) is 2. The van der Waals surface area contributed by atoms with Crippen LogP contribution in [0, 0.1) is 18.3 Å². The first-order valence-electron chi connectivity index (χ1n) is 9.69. The molecule has 0 unspecified atom stereocenters. The van der Waals surface area contributed by atoms with Crippen LogP contribution in [0.4, 0.5) is 23.8 Å². The lowest BCUT2D eigenvalue weighted by atomic mass is 10.1. The minimum absolute atomic E-state index is 0.142. The third-order valence-electron chi connectivity index (χ3n) is 5.18. The number of nitrogens with zero attached hydrogens (tertiary/aromatic N) is 4. The normalized spacial score (nSPS) is 14.1. The second kappa shape index (κ2) is 9.13. The van der Waals surface area contributed by atoms with E-state index in [1.807, 2.05) is 31.2 Å². The lowest BCUT2D eigenvalue weighted by Gasteiger charge is -2.36. The quantitative estimate of drug-likeness (QED) is 0.746. The van der Waals surface area contributed by atoms with Crippen LogP contribution in [-0.2, 0) is 12.7 Å². The summed E-state index contributed by atoms with van der Waals surface area (Å²) in [5.74, 6) is -2.06. The summed E-state index contributed by atoms with van der Waals surface area (Å²) in [6.45, 7) is 2.97. The number of alkyl halides is 3. The van der Waals surface area contributed by atoms with Crippen LogP contribution in [0.3, 0.4) is 0 Å². The fourth-order valence-electron chi connectivity index (χ4n) is 3.42. The number of carbonyl (C=O) groups is 2. The average Bonchev–Trinajstić information content (AvgIpc) is 2.76. The number of aromatic carboxylic acids is 1. The first-order valence-corrected chi connectivity index (χ1v) is 9.69. The number of piperazine rings is 1. The molecule has 3 rings (SSSR count). The molecule has 2 aromatic rings. The van der Waals surface area contributed by atoms with E-state index in [0.717, 1.165) is 11.1 Å². The highest BCUT2D eigenvalue weighted by Crippen LogP contribution is 2.34. The summed E-state index contributed by atoms with van der Waals surface area (Å²) in [5, 5.41) is 21.2. The van der Waals surface area contributed by atoms with E-state index < -0.39 is 23.4 Å². The number of carboxylic acid groups (broad SMARTS) is 1. The molecule has 2 amide bonds. The Morgan fingerprint density at radius 3 is 2.44 bits per heavy atom. The highest BCUT2D eigenvalue weighted by molar-refractivity contribution is 5.90. The number of carbonyl (C=O) groups excluding carboxylic acids is 1. The number of aryl methyl sites for hydroxylation is 1. The van der Waals surface area contributed by atoms with Crippen molar-refractivity contribution < 1.29 is 27.9 Å². The van der Waals surface area contributed by atoms with Gasteiger partial charge in [0, 0.05) is 32.7 Å². The van der Waals surface area contributed by atoms with Gasteiger partial charge in [-0.2, -0.15) is 18.4 Å². The fourth-order valence-corrected chi connectivity index (χ4v) is 3.42. The molecule has 32 heavy (non-hydrogen) atoms. The molecule has 1 aliphatic rings. The molecule has 1 saturated heterocycles. The van der Waals surface area contributed by atoms with Gasteiger partial charge in [0.15, 0.2) is 5.69 Å². The smallest absolute Gasteiger partial charge is 0.434 e. The molecule has 2 N–H and O–H groups in total. The number of urea groups is 1. The van der Waals surface area contributed by atoms with Crippen LogP contribution in [0.15, 0.2) is 30.3 Å². The van der Waals surface area contributed by atoms with Crippen molar-refractivity contribution in [2.75, 3.05) is 31.1 Å². The largest absolute Gasteiger partial charge is 0.478 e. The zero-order valence-corrected chi connectivity index (χ0v) is 17.1. The monoisotopic (exact) mass is 447 g/mol. The Balaban J connectivity index is 1.72. The molecule has 0 radical (unpaired) electrons. The highest BCUT2D eigenvalue weighted by Gasteiger charge is 2.39. The van der Waals surface area contributed by atoms with E-state index in [0.29, 0.717) is 12.6 Å². The van der Waals surface area contributed by atoms with Crippen molar-refractivity contribution in [1.29, 1.82) is 5.26 Å². The van der Waals surface area contributed by atoms with Gasteiger partial charge in [0.05, 0.1) is 11.1 Å². The number of carboxylic acids is 1. The van der Waals surface area contributed by atoms with Crippen LogP contribution in [0.25, 0.3) is 0 Å². The molecule has 0 bridgehead atoms. The molecule has 0 aliphatic carbocycles. The maximum atomic E-state index is 13.3. The number of amides is 2. The van der Waals surface area contributed by atoms with E-state index in [1.54, 1.807) is 6.07 Å². The minimum Gasteiger partial charge on any atom is -0.478 e. The van der Waals surface area contributed by atoms with Crippen molar-refractivity contribution in [3.63, 3.8) is 0 Å². The van der Waals surface area contributed by atoms with Crippen LogP contribution in [-0.4, -0.2) is 53.2 Å². The van der Waals surface area contributed by atoms with Crippen molar-refractivity contribution >= 4 is 17.8 Å². The first kappa shape index (κ1) is 22.9. The molecule has 0 atom stereocenters. The van der Waals surface area contributed by atoms with E-state index >= 15 is 0 Å². The minimum atomic E-state index is -4.99. The average molecular weight is 447 g/mol. The number of halogens is 3. The van der Waals surface area contributed by atoms with Gasteiger partial charge >= 0.3 is 18.2 Å². The van der Waals surface area contributed by atoms with E-state index in [9.17, 15) is 28.0 Å². The Morgan fingerprint density at radius 1 is 1.22 bits per heavy atom. The molecular formula is C21H20F3N5O3. The molecule has 168 valence electrons. The van der Waals surface area contributed by atoms with Gasteiger partial charge in [-0.15, -0.1) is 0 Å². The summed E-state index contributed by atoms with van der Waals surface area (Å²) in [6, 6.07) is 9.71. The molecule has 11 heteroatoms. The summed E-state index contributed by atoms with van der Waals surface area (Å²) >= 11 is 0. The predicted molar refractivity (Wildman–Crippen MR) is 108 cm³/mol. The van der Waals surface area contributed by atoms with Gasteiger partial charge in [0.25, 0.3) is 0 Å². The molecule has 0 saturated carbocycles. The van der Waals surface area contributed by atoms with Crippen LogP contribution in [0.2, 0.25) is 0 Å². The van der Waals surface area contributed by atoms with Crippen molar-refractivity contribution in [2.45, 2.75) is 19.6 Å². The Hall–Kier alpha value is -3.81.